The maximum atomic E-state index is 11.2. The Labute approximate surface area is 102 Å². The fourth-order valence-corrected chi connectivity index (χ4v) is 1.45. The highest BCUT2D eigenvalue weighted by molar-refractivity contribution is 5.76. The molecule has 2 aromatic rings. The molecular formula is C11H13N3O4. The van der Waals surface area contributed by atoms with E-state index >= 15 is 0 Å². The van der Waals surface area contributed by atoms with Crippen LogP contribution >= 0.6 is 0 Å². The number of carbonyl (C=O) groups excluding carboxylic acids is 1. The summed E-state index contributed by atoms with van der Waals surface area (Å²) >= 11 is 0. The molecular weight excluding hydrogens is 238 g/mol. The highest BCUT2D eigenvalue weighted by Gasteiger charge is 2.06. The number of nitrogens with two attached hydrogens (primary N) is 1. The Morgan fingerprint density at radius 3 is 3.06 bits per heavy atom. The van der Waals surface area contributed by atoms with E-state index in [1.807, 2.05) is 0 Å². The summed E-state index contributed by atoms with van der Waals surface area (Å²) in [6, 6.07) is 5.16. The van der Waals surface area contributed by atoms with E-state index in [1.54, 1.807) is 18.2 Å². The van der Waals surface area contributed by atoms with Crippen LogP contribution in [-0.4, -0.2) is 29.6 Å². The number of hydrazine groups is 1. The lowest BCUT2D eigenvalue weighted by molar-refractivity contribution is -0.135. The zero-order valence-electron chi connectivity index (χ0n) is 9.80. The molecule has 1 aromatic heterocycles. The molecule has 0 spiro atoms. The molecule has 96 valence electrons. The van der Waals surface area contributed by atoms with Crippen molar-refractivity contribution in [3.8, 4) is 0 Å². The normalized spacial score (nSPS) is 10.8. The van der Waals surface area contributed by atoms with Crippen molar-refractivity contribution in [1.82, 2.24) is 9.99 Å². The molecule has 0 saturated heterocycles. The molecule has 2 rings (SSSR count). The van der Waals surface area contributed by atoms with Gasteiger partial charge >= 0.3 is 5.76 Å². The van der Waals surface area contributed by atoms with Gasteiger partial charge in [-0.2, -0.15) is 0 Å². The minimum Gasteiger partial charge on any atom is -0.408 e. The number of amides is 1. The number of nitrogens with zero attached hydrogens (tertiary/aromatic N) is 1. The lowest BCUT2D eigenvalue weighted by atomic mass is 10.2. The number of hydrogen-bond donors (Lipinski definition) is 2. The second-order valence-electron chi connectivity index (χ2n) is 3.84. The Morgan fingerprint density at radius 2 is 2.33 bits per heavy atom. The highest BCUT2D eigenvalue weighted by atomic mass is 16.5. The predicted molar refractivity (Wildman–Crippen MR) is 63.4 cm³/mol. The number of aromatic amines is 1. The number of ether oxygens (including phenoxy) is 1. The van der Waals surface area contributed by atoms with Gasteiger partial charge in [0.2, 0.25) is 0 Å². The van der Waals surface area contributed by atoms with E-state index in [0.717, 1.165) is 10.6 Å². The van der Waals surface area contributed by atoms with Crippen molar-refractivity contribution in [2.75, 3.05) is 13.7 Å². The molecule has 0 aliphatic heterocycles. The van der Waals surface area contributed by atoms with Gasteiger partial charge in [0.15, 0.2) is 5.58 Å². The zero-order valence-corrected chi connectivity index (χ0v) is 9.80. The number of hydrogen-bond acceptors (Lipinski definition) is 5. The van der Waals surface area contributed by atoms with E-state index in [9.17, 15) is 9.59 Å². The van der Waals surface area contributed by atoms with E-state index in [2.05, 4.69) is 4.98 Å². The van der Waals surface area contributed by atoms with Crippen molar-refractivity contribution in [3.63, 3.8) is 0 Å². The van der Waals surface area contributed by atoms with Gasteiger partial charge in [-0.25, -0.2) is 10.6 Å². The van der Waals surface area contributed by atoms with Gasteiger partial charge in [-0.3, -0.25) is 14.8 Å². The van der Waals surface area contributed by atoms with Crippen LogP contribution in [0.2, 0.25) is 0 Å². The van der Waals surface area contributed by atoms with Crippen LogP contribution in [0.3, 0.4) is 0 Å². The number of fused-ring (bicyclic) bond motifs is 1. The summed E-state index contributed by atoms with van der Waals surface area (Å²) in [5, 5.41) is 0.969. The topological polar surface area (TPSA) is 102 Å². The van der Waals surface area contributed by atoms with Crippen molar-refractivity contribution in [1.29, 1.82) is 0 Å². The molecule has 1 amide bonds. The zero-order chi connectivity index (χ0) is 13.1. The maximum absolute atomic E-state index is 11.2. The average molecular weight is 251 g/mol. The summed E-state index contributed by atoms with van der Waals surface area (Å²) in [5.74, 6) is 4.43. The summed E-state index contributed by atoms with van der Waals surface area (Å²) in [6.45, 7) is 0.162. The van der Waals surface area contributed by atoms with E-state index in [1.165, 1.54) is 7.05 Å². The van der Waals surface area contributed by atoms with Crippen LogP contribution in [-0.2, 0) is 16.1 Å². The SMILES string of the molecule is CN(N)C(=O)COCc1ccc2oc(=O)[nH]c2c1. The first-order valence-electron chi connectivity index (χ1n) is 5.27. The summed E-state index contributed by atoms with van der Waals surface area (Å²) in [6.07, 6.45) is 0. The smallest absolute Gasteiger partial charge is 0.408 e. The molecule has 18 heavy (non-hydrogen) atoms. The highest BCUT2D eigenvalue weighted by Crippen LogP contribution is 2.12. The average Bonchev–Trinajstić information content (AvgIpc) is 2.68. The Morgan fingerprint density at radius 1 is 1.56 bits per heavy atom. The third kappa shape index (κ3) is 2.76. The third-order valence-corrected chi connectivity index (χ3v) is 2.37. The van der Waals surface area contributed by atoms with Crippen molar-refractivity contribution in [3.05, 3.63) is 34.3 Å². The van der Waals surface area contributed by atoms with E-state index in [0.29, 0.717) is 11.1 Å². The summed E-state index contributed by atoms with van der Waals surface area (Å²) in [5.41, 5.74) is 1.91. The second-order valence-corrected chi connectivity index (χ2v) is 3.84. The monoisotopic (exact) mass is 251 g/mol. The molecule has 0 radical (unpaired) electrons. The van der Waals surface area contributed by atoms with E-state index < -0.39 is 5.76 Å². The van der Waals surface area contributed by atoms with Gasteiger partial charge in [-0.05, 0) is 17.7 Å². The second kappa shape index (κ2) is 5.03. The Hall–Kier alpha value is -2.12. The molecule has 1 aromatic carbocycles. The van der Waals surface area contributed by atoms with Crippen LogP contribution in [0.4, 0.5) is 0 Å². The molecule has 0 atom stereocenters. The number of benzene rings is 1. The molecule has 7 nitrogen and oxygen atoms in total. The van der Waals surface area contributed by atoms with Gasteiger partial charge < -0.3 is 9.15 Å². The van der Waals surface area contributed by atoms with Crippen LogP contribution < -0.4 is 11.6 Å². The third-order valence-electron chi connectivity index (χ3n) is 2.37. The number of aromatic nitrogens is 1. The number of H-pyrrole nitrogens is 1. The summed E-state index contributed by atoms with van der Waals surface area (Å²) in [7, 11) is 1.45. The Bertz CT molecular complexity index is 614. The number of oxazole rings is 1. The van der Waals surface area contributed by atoms with Crippen LogP contribution in [0.5, 0.6) is 0 Å². The van der Waals surface area contributed by atoms with Gasteiger partial charge in [0.25, 0.3) is 5.91 Å². The van der Waals surface area contributed by atoms with Gasteiger partial charge in [-0.1, -0.05) is 6.07 Å². The maximum Gasteiger partial charge on any atom is 0.417 e. The van der Waals surface area contributed by atoms with Crippen LogP contribution in [0.25, 0.3) is 11.1 Å². The predicted octanol–water partition coefficient (Wildman–Crippen LogP) is -0.0302. The van der Waals surface area contributed by atoms with Crippen molar-refractivity contribution < 1.29 is 13.9 Å². The van der Waals surface area contributed by atoms with Crippen LogP contribution in [0, 0.1) is 0 Å². The number of nitrogens with one attached hydrogen (secondary N) is 1. The van der Waals surface area contributed by atoms with E-state index in [4.69, 9.17) is 15.0 Å². The molecule has 0 aliphatic carbocycles. The molecule has 0 aliphatic rings. The number of rotatable bonds is 4. The molecule has 0 saturated carbocycles. The minimum atomic E-state index is -0.497. The first-order chi connectivity index (χ1) is 8.56. The molecule has 0 bridgehead atoms. The first-order valence-corrected chi connectivity index (χ1v) is 5.27. The first kappa shape index (κ1) is 12.3. The number of carbonyl (C=O) groups is 1. The summed E-state index contributed by atoms with van der Waals surface area (Å²) < 4.78 is 10.1. The molecule has 0 fully saturated rings. The van der Waals surface area contributed by atoms with Crippen molar-refractivity contribution in [2.24, 2.45) is 5.84 Å². The summed E-state index contributed by atoms with van der Waals surface area (Å²) in [4.78, 5) is 24.7. The molecule has 7 heteroatoms. The van der Waals surface area contributed by atoms with Crippen LogP contribution in [0.15, 0.2) is 27.4 Å². The van der Waals surface area contributed by atoms with Crippen molar-refractivity contribution in [2.45, 2.75) is 6.61 Å². The molecule has 1 heterocycles. The Kier molecular flexibility index (Phi) is 3.45. The fourth-order valence-electron chi connectivity index (χ4n) is 1.45. The fraction of sp³-hybridized carbons (Fsp3) is 0.273. The van der Waals surface area contributed by atoms with Gasteiger partial charge in [0.1, 0.15) is 6.61 Å². The van der Waals surface area contributed by atoms with Gasteiger partial charge in [0, 0.05) is 7.05 Å². The quantitative estimate of drug-likeness (QED) is 0.451. The molecule has 3 N–H and O–H groups in total. The largest absolute Gasteiger partial charge is 0.417 e. The lowest BCUT2D eigenvalue weighted by Crippen LogP contribution is -2.35. The standard InChI is InChI=1S/C11H13N3O4/c1-14(12)10(15)6-17-5-7-2-3-9-8(4-7)13-11(16)18-9/h2-4H,5-6,12H2,1H3,(H,13,16). The van der Waals surface area contributed by atoms with E-state index in [-0.39, 0.29) is 19.1 Å². The van der Waals surface area contributed by atoms with Crippen LogP contribution in [0.1, 0.15) is 5.56 Å². The lowest BCUT2D eigenvalue weighted by Gasteiger charge is -2.09. The number of likely N-dealkylation sites (N-methyl/N-ethyl adjacent to an activating group) is 1. The molecule has 0 unspecified atom stereocenters. The van der Waals surface area contributed by atoms with Gasteiger partial charge in [0.05, 0.1) is 12.1 Å². The Balaban J connectivity index is 1.99. The van der Waals surface area contributed by atoms with Gasteiger partial charge in [-0.15, -0.1) is 0 Å². The van der Waals surface area contributed by atoms with Crippen molar-refractivity contribution >= 4 is 17.0 Å². The minimum absolute atomic E-state index is 0.0903.